The molecule has 39 heavy (non-hydrogen) atoms. The molecule has 0 fully saturated rings. The summed E-state index contributed by atoms with van der Waals surface area (Å²) in [5, 5.41) is 0. The molecule has 2 heterocycles. The zero-order chi connectivity index (χ0) is 26.9. The summed E-state index contributed by atoms with van der Waals surface area (Å²) in [6, 6.07) is 23.9. The van der Waals surface area contributed by atoms with Crippen LogP contribution in [0.2, 0.25) is 0 Å². The van der Waals surface area contributed by atoms with Gasteiger partial charge < -0.3 is 9.47 Å². The lowest BCUT2D eigenvalue weighted by molar-refractivity contribution is 0.414. The monoisotopic (exact) mass is 598 g/mol. The largest absolute Gasteiger partial charge is 0.497 e. The zero-order valence-electron chi connectivity index (χ0n) is 21.7. The molecule has 6 rings (SSSR count). The number of ether oxygens (including phenoxy) is 2. The molecule has 196 valence electrons. The van der Waals surface area contributed by atoms with Crippen molar-refractivity contribution in [3.63, 3.8) is 0 Å². The van der Waals surface area contributed by atoms with Crippen LogP contribution in [0.15, 0.2) is 104 Å². The summed E-state index contributed by atoms with van der Waals surface area (Å²) in [7, 11) is 3.34. The van der Waals surface area contributed by atoms with Crippen molar-refractivity contribution in [2.75, 3.05) is 14.2 Å². The SMILES string of the molecule is COc1ccc(/C=C2\CCCC3=C2N=c2s/c(=C/c4ccc(Br)cc4)c(=O)n2[C@@H]3c2ccc(OC)cc2)cc1. The number of aromatic nitrogens is 1. The summed E-state index contributed by atoms with van der Waals surface area (Å²) in [6.45, 7) is 0. The molecule has 0 bridgehead atoms. The van der Waals surface area contributed by atoms with Gasteiger partial charge in [0.05, 0.1) is 30.5 Å². The number of allylic oxidation sites excluding steroid dienone is 2. The fourth-order valence-corrected chi connectivity index (χ4v) is 6.52. The summed E-state index contributed by atoms with van der Waals surface area (Å²) in [5.74, 6) is 1.62. The Morgan fingerprint density at radius 1 is 0.872 bits per heavy atom. The van der Waals surface area contributed by atoms with E-state index in [1.165, 1.54) is 22.5 Å². The number of nitrogens with zero attached hydrogens (tertiary/aromatic N) is 2. The maximum Gasteiger partial charge on any atom is 0.271 e. The number of methoxy groups -OCH3 is 2. The van der Waals surface area contributed by atoms with Gasteiger partial charge in [0.2, 0.25) is 0 Å². The number of rotatable bonds is 5. The fraction of sp³-hybridized carbons (Fsp3) is 0.188. The third-order valence-electron chi connectivity index (χ3n) is 7.19. The first-order chi connectivity index (χ1) is 19.0. The quantitative estimate of drug-likeness (QED) is 0.272. The highest BCUT2D eigenvalue weighted by Crippen LogP contribution is 2.41. The van der Waals surface area contributed by atoms with Crippen molar-refractivity contribution in [1.29, 1.82) is 0 Å². The Morgan fingerprint density at radius 3 is 2.15 bits per heavy atom. The summed E-state index contributed by atoms with van der Waals surface area (Å²) in [6.07, 6.45) is 7.02. The van der Waals surface area contributed by atoms with Crippen LogP contribution in [-0.2, 0) is 0 Å². The first-order valence-corrected chi connectivity index (χ1v) is 14.4. The third-order valence-corrected chi connectivity index (χ3v) is 8.70. The van der Waals surface area contributed by atoms with E-state index >= 15 is 0 Å². The second-order valence-electron chi connectivity index (χ2n) is 9.58. The Labute approximate surface area is 239 Å². The van der Waals surface area contributed by atoms with Crippen LogP contribution >= 0.6 is 27.3 Å². The number of halogens is 1. The van der Waals surface area contributed by atoms with Crippen molar-refractivity contribution in [3.8, 4) is 11.5 Å². The molecule has 1 aromatic heterocycles. The highest BCUT2D eigenvalue weighted by Gasteiger charge is 2.32. The Bertz CT molecular complexity index is 1760. The summed E-state index contributed by atoms with van der Waals surface area (Å²) in [5.41, 5.74) is 6.52. The minimum absolute atomic E-state index is 0.0136. The molecule has 1 aliphatic carbocycles. The highest BCUT2D eigenvalue weighted by molar-refractivity contribution is 9.10. The molecule has 1 aliphatic heterocycles. The molecule has 1 atom stereocenters. The lowest BCUT2D eigenvalue weighted by Gasteiger charge is -2.31. The second kappa shape index (κ2) is 10.8. The van der Waals surface area contributed by atoms with Crippen LogP contribution < -0.4 is 24.4 Å². The molecule has 2 aliphatic rings. The molecule has 0 spiro atoms. The average Bonchev–Trinajstić information content (AvgIpc) is 3.28. The Morgan fingerprint density at radius 2 is 1.49 bits per heavy atom. The molecule has 5 nitrogen and oxygen atoms in total. The van der Waals surface area contributed by atoms with Crippen LogP contribution in [0.4, 0.5) is 0 Å². The zero-order valence-corrected chi connectivity index (χ0v) is 24.1. The minimum atomic E-state index is -0.214. The first kappa shape index (κ1) is 25.6. The van der Waals surface area contributed by atoms with Crippen LogP contribution in [0.5, 0.6) is 11.5 Å². The Balaban J connectivity index is 1.54. The maximum atomic E-state index is 13.9. The number of benzene rings is 3. The van der Waals surface area contributed by atoms with Crippen molar-refractivity contribution < 1.29 is 9.47 Å². The van der Waals surface area contributed by atoms with Crippen molar-refractivity contribution >= 4 is 39.4 Å². The van der Waals surface area contributed by atoms with Crippen LogP contribution in [0.3, 0.4) is 0 Å². The van der Waals surface area contributed by atoms with E-state index in [1.54, 1.807) is 14.2 Å². The normalized spacial score (nSPS) is 18.0. The van der Waals surface area contributed by atoms with Gasteiger partial charge in [-0.25, -0.2) is 4.99 Å². The van der Waals surface area contributed by atoms with E-state index in [4.69, 9.17) is 14.5 Å². The maximum absolute atomic E-state index is 13.9. The van der Waals surface area contributed by atoms with E-state index in [0.717, 1.165) is 62.4 Å². The van der Waals surface area contributed by atoms with E-state index in [1.807, 2.05) is 59.2 Å². The highest BCUT2D eigenvalue weighted by atomic mass is 79.9. The molecule has 0 N–H and O–H groups in total. The molecule has 7 heteroatoms. The molecule has 0 saturated heterocycles. The molecule has 3 aromatic carbocycles. The molecule has 4 aromatic rings. The minimum Gasteiger partial charge on any atom is -0.497 e. The number of fused-ring (bicyclic) bond motifs is 1. The van der Waals surface area contributed by atoms with Crippen LogP contribution in [0.25, 0.3) is 12.2 Å². The van der Waals surface area contributed by atoms with E-state index in [2.05, 4.69) is 46.3 Å². The topological polar surface area (TPSA) is 52.8 Å². The molecular weight excluding hydrogens is 572 g/mol. The molecule has 0 radical (unpaired) electrons. The van der Waals surface area contributed by atoms with Gasteiger partial charge in [-0.15, -0.1) is 0 Å². The standard InChI is InChI=1S/C32H27BrN2O3S/c1-37-25-14-8-20(9-15-25)18-23-4-3-5-27-29(23)34-32-35(30(27)22-10-16-26(38-2)17-11-22)31(36)28(39-32)19-21-6-12-24(33)13-7-21/h6-19,30H,3-5H2,1-2H3/b23-18+,28-19+/t30-/m1/s1. The predicted molar refractivity (Wildman–Crippen MR) is 160 cm³/mol. The van der Waals surface area contributed by atoms with Gasteiger partial charge >= 0.3 is 0 Å². The third kappa shape index (κ3) is 5.04. The van der Waals surface area contributed by atoms with Gasteiger partial charge in [0.15, 0.2) is 4.80 Å². The van der Waals surface area contributed by atoms with Crippen LogP contribution in [0, 0.1) is 0 Å². The van der Waals surface area contributed by atoms with Crippen LogP contribution in [0.1, 0.15) is 42.0 Å². The lowest BCUT2D eigenvalue weighted by Crippen LogP contribution is -2.39. The van der Waals surface area contributed by atoms with Crippen LogP contribution in [-0.4, -0.2) is 18.8 Å². The van der Waals surface area contributed by atoms with E-state index in [-0.39, 0.29) is 11.6 Å². The van der Waals surface area contributed by atoms with Gasteiger partial charge in [0.1, 0.15) is 11.5 Å². The van der Waals surface area contributed by atoms with E-state index in [9.17, 15) is 4.79 Å². The van der Waals surface area contributed by atoms with Crippen molar-refractivity contribution in [3.05, 3.63) is 130 Å². The number of thiazole rings is 1. The molecular formula is C32H27BrN2O3S. The molecule has 0 unspecified atom stereocenters. The van der Waals surface area contributed by atoms with Crippen molar-refractivity contribution in [1.82, 2.24) is 4.57 Å². The van der Waals surface area contributed by atoms with E-state index in [0.29, 0.717) is 4.53 Å². The summed E-state index contributed by atoms with van der Waals surface area (Å²) >= 11 is 4.94. The predicted octanol–water partition coefficient (Wildman–Crippen LogP) is 6.26. The molecule has 0 amide bonds. The first-order valence-electron chi connectivity index (χ1n) is 12.8. The van der Waals surface area contributed by atoms with Gasteiger partial charge in [-0.1, -0.05) is 63.7 Å². The van der Waals surface area contributed by atoms with Gasteiger partial charge in [-0.2, -0.15) is 0 Å². The van der Waals surface area contributed by atoms with Gasteiger partial charge in [-0.3, -0.25) is 9.36 Å². The smallest absolute Gasteiger partial charge is 0.271 e. The van der Waals surface area contributed by atoms with E-state index < -0.39 is 0 Å². The fourth-order valence-electron chi connectivity index (χ4n) is 5.25. The number of hydrogen-bond acceptors (Lipinski definition) is 5. The summed E-state index contributed by atoms with van der Waals surface area (Å²) < 4.78 is 14.3. The Kier molecular flexibility index (Phi) is 7.11. The second-order valence-corrected chi connectivity index (χ2v) is 11.5. The number of hydrogen-bond donors (Lipinski definition) is 0. The van der Waals surface area contributed by atoms with Gasteiger partial charge in [0.25, 0.3) is 5.56 Å². The molecule has 0 saturated carbocycles. The van der Waals surface area contributed by atoms with Crippen molar-refractivity contribution in [2.24, 2.45) is 4.99 Å². The average molecular weight is 600 g/mol. The van der Waals surface area contributed by atoms with Crippen molar-refractivity contribution in [2.45, 2.75) is 25.3 Å². The van der Waals surface area contributed by atoms with Gasteiger partial charge in [-0.05, 0) is 95.6 Å². The summed E-state index contributed by atoms with van der Waals surface area (Å²) in [4.78, 5) is 19.8. The Hall–Kier alpha value is -3.68. The van der Waals surface area contributed by atoms with Gasteiger partial charge in [0, 0.05) is 4.47 Å². The lowest BCUT2D eigenvalue weighted by atomic mass is 9.84.